The maximum absolute atomic E-state index is 11.8. The molecule has 8 nitrogen and oxygen atoms in total. The minimum atomic E-state index is -3.19. The highest BCUT2D eigenvalue weighted by Gasteiger charge is 2.27. The summed E-state index contributed by atoms with van der Waals surface area (Å²) in [6.45, 7) is 7.27. The number of benzene rings is 1. The van der Waals surface area contributed by atoms with E-state index in [2.05, 4.69) is 5.32 Å². The molecule has 31 heavy (non-hydrogen) atoms. The first kappa shape index (κ1) is 23.5. The molecule has 0 amide bonds. The Bertz CT molecular complexity index is 989. The van der Waals surface area contributed by atoms with E-state index < -0.39 is 21.6 Å². The predicted molar refractivity (Wildman–Crippen MR) is 120 cm³/mol. The number of anilines is 1. The fourth-order valence-electron chi connectivity index (χ4n) is 3.17. The van der Waals surface area contributed by atoms with Crippen molar-refractivity contribution in [3.8, 4) is 0 Å². The number of rotatable bonds is 6. The van der Waals surface area contributed by atoms with Gasteiger partial charge in [0.1, 0.15) is 5.60 Å². The van der Waals surface area contributed by atoms with Gasteiger partial charge in [-0.15, -0.1) is 16.4 Å². The minimum Gasteiger partial charge on any atom is -0.427 e. The lowest BCUT2D eigenvalue weighted by Gasteiger charge is -2.30. The van der Waals surface area contributed by atoms with Crippen LogP contribution in [0.3, 0.4) is 0 Å². The summed E-state index contributed by atoms with van der Waals surface area (Å²) < 4.78 is 28.3. The van der Waals surface area contributed by atoms with Gasteiger partial charge in [0.05, 0.1) is 22.1 Å². The summed E-state index contributed by atoms with van der Waals surface area (Å²) in [7, 11) is -3.19. The SMILES string of the molecule is CC(C)(C)OC(=O)ON1CCC(c2nc(CNc3ccc(S(C)(=O)=O)cc3)cs2)CC1. The second kappa shape index (κ2) is 9.54. The maximum atomic E-state index is 11.8. The lowest BCUT2D eigenvalue weighted by molar-refractivity contribution is -0.152. The van der Waals surface area contributed by atoms with Gasteiger partial charge in [0, 0.05) is 36.3 Å². The normalized spacial score (nSPS) is 16.1. The number of carbonyl (C=O) groups excluding carboxylic acids is 1. The van der Waals surface area contributed by atoms with Crippen molar-refractivity contribution in [2.45, 2.75) is 56.6 Å². The van der Waals surface area contributed by atoms with Gasteiger partial charge < -0.3 is 14.9 Å². The van der Waals surface area contributed by atoms with E-state index in [1.54, 1.807) is 61.4 Å². The first-order valence-corrected chi connectivity index (χ1v) is 12.9. The van der Waals surface area contributed by atoms with Crippen molar-refractivity contribution < 1.29 is 22.8 Å². The Hall–Kier alpha value is -2.17. The monoisotopic (exact) mass is 467 g/mol. The number of sulfone groups is 1. The molecule has 1 aromatic heterocycles. The van der Waals surface area contributed by atoms with Gasteiger partial charge in [-0.3, -0.25) is 0 Å². The van der Waals surface area contributed by atoms with Crippen LogP contribution in [0.2, 0.25) is 0 Å². The number of carbonyl (C=O) groups is 1. The molecule has 0 aliphatic carbocycles. The number of thiazole rings is 1. The van der Waals surface area contributed by atoms with Crippen LogP contribution in [0.15, 0.2) is 34.5 Å². The third-order valence-electron chi connectivity index (χ3n) is 4.72. The standard InChI is InChI=1S/C21H29N3O5S2/c1-21(2,3)28-20(25)29-24-11-9-15(10-12-24)19-23-17(14-30-19)13-22-16-5-7-18(8-6-16)31(4,26)27/h5-8,14-15,22H,9-13H2,1-4H3. The minimum absolute atomic E-state index is 0.302. The summed E-state index contributed by atoms with van der Waals surface area (Å²) >= 11 is 1.64. The maximum Gasteiger partial charge on any atom is 0.528 e. The van der Waals surface area contributed by atoms with Crippen LogP contribution in [0.5, 0.6) is 0 Å². The molecule has 2 aromatic rings. The van der Waals surface area contributed by atoms with Crippen molar-refractivity contribution in [2.75, 3.05) is 24.7 Å². The molecule has 0 atom stereocenters. The van der Waals surface area contributed by atoms with Crippen LogP contribution in [-0.4, -0.2) is 49.6 Å². The van der Waals surface area contributed by atoms with Gasteiger partial charge in [-0.1, -0.05) is 0 Å². The lowest BCUT2D eigenvalue weighted by atomic mass is 9.99. The molecule has 0 spiro atoms. The van der Waals surface area contributed by atoms with E-state index in [1.165, 1.54) is 6.26 Å². The smallest absolute Gasteiger partial charge is 0.427 e. The topological polar surface area (TPSA) is 97.8 Å². The molecule has 170 valence electrons. The first-order chi connectivity index (χ1) is 14.5. The van der Waals surface area contributed by atoms with Crippen LogP contribution in [0.1, 0.15) is 50.2 Å². The molecule has 1 saturated heterocycles. The van der Waals surface area contributed by atoms with Crippen LogP contribution in [0.25, 0.3) is 0 Å². The zero-order chi connectivity index (χ0) is 22.6. The molecule has 1 N–H and O–H groups in total. The van der Waals surface area contributed by atoms with Crippen molar-refractivity contribution in [1.82, 2.24) is 10.0 Å². The van der Waals surface area contributed by atoms with Gasteiger partial charge in [-0.25, -0.2) is 18.2 Å². The van der Waals surface area contributed by atoms with Crippen molar-refractivity contribution in [2.24, 2.45) is 0 Å². The molecular formula is C21H29N3O5S2. The van der Waals surface area contributed by atoms with E-state index in [0.29, 0.717) is 30.4 Å². The average Bonchev–Trinajstić information content (AvgIpc) is 3.14. The van der Waals surface area contributed by atoms with Crippen LogP contribution in [0, 0.1) is 0 Å². The van der Waals surface area contributed by atoms with Crippen LogP contribution in [-0.2, 0) is 26.0 Å². The van der Waals surface area contributed by atoms with Crippen molar-refractivity contribution in [3.63, 3.8) is 0 Å². The number of hydrogen-bond acceptors (Lipinski definition) is 9. The first-order valence-electron chi connectivity index (χ1n) is 10.1. The zero-order valence-electron chi connectivity index (χ0n) is 18.3. The molecule has 1 aliphatic heterocycles. The number of nitrogens with one attached hydrogen (secondary N) is 1. The van der Waals surface area contributed by atoms with Gasteiger partial charge >= 0.3 is 6.16 Å². The lowest BCUT2D eigenvalue weighted by Crippen LogP contribution is -2.37. The van der Waals surface area contributed by atoms with E-state index in [1.807, 2.05) is 5.38 Å². The van der Waals surface area contributed by atoms with Gasteiger partial charge in [-0.05, 0) is 57.9 Å². The molecule has 0 saturated carbocycles. The number of piperidine rings is 1. The third kappa shape index (κ3) is 7.19. The molecule has 0 unspecified atom stereocenters. The number of hydrogen-bond donors (Lipinski definition) is 1. The highest BCUT2D eigenvalue weighted by atomic mass is 32.2. The van der Waals surface area contributed by atoms with Crippen molar-refractivity contribution in [1.29, 1.82) is 0 Å². The van der Waals surface area contributed by atoms with Gasteiger partial charge in [0.25, 0.3) is 0 Å². The Labute approximate surface area is 187 Å². The van der Waals surface area contributed by atoms with E-state index in [4.69, 9.17) is 14.6 Å². The van der Waals surface area contributed by atoms with E-state index >= 15 is 0 Å². The second-order valence-electron chi connectivity index (χ2n) is 8.59. The highest BCUT2D eigenvalue weighted by molar-refractivity contribution is 7.90. The molecule has 1 aromatic carbocycles. The summed E-state index contributed by atoms with van der Waals surface area (Å²) in [4.78, 5) is 22.1. The average molecular weight is 468 g/mol. The number of nitrogens with zero attached hydrogens (tertiary/aromatic N) is 2. The van der Waals surface area contributed by atoms with Crippen LogP contribution >= 0.6 is 11.3 Å². The summed E-state index contributed by atoms with van der Waals surface area (Å²) in [6.07, 6.45) is 2.24. The molecule has 1 fully saturated rings. The largest absolute Gasteiger partial charge is 0.528 e. The molecule has 0 bridgehead atoms. The van der Waals surface area contributed by atoms with Crippen molar-refractivity contribution in [3.05, 3.63) is 40.3 Å². The summed E-state index contributed by atoms with van der Waals surface area (Å²) in [5.74, 6) is 0.339. The highest BCUT2D eigenvalue weighted by Crippen LogP contribution is 2.30. The summed E-state index contributed by atoms with van der Waals surface area (Å²) in [5, 5.41) is 8.05. The molecular weight excluding hydrogens is 438 g/mol. The van der Waals surface area contributed by atoms with E-state index in [9.17, 15) is 13.2 Å². The van der Waals surface area contributed by atoms with E-state index in [0.717, 1.165) is 29.2 Å². The Morgan fingerprint density at radius 2 is 1.87 bits per heavy atom. The number of ether oxygens (including phenoxy) is 1. The molecule has 1 aliphatic rings. The van der Waals surface area contributed by atoms with Crippen LogP contribution < -0.4 is 5.32 Å². The summed E-state index contributed by atoms with van der Waals surface area (Å²) in [6, 6.07) is 6.70. The van der Waals surface area contributed by atoms with Crippen LogP contribution in [0.4, 0.5) is 10.5 Å². The van der Waals surface area contributed by atoms with Gasteiger partial charge in [-0.2, -0.15) is 0 Å². The summed E-state index contributed by atoms with van der Waals surface area (Å²) in [5.41, 5.74) is 1.21. The third-order valence-corrected chi connectivity index (χ3v) is 6.91. The Morgan fingerprint density at radius 3 is 2.45 bits per heavy atom. The van der Waals surface area contributed by atoms with Crippen molar-refractivity contribution >= 4 is 33.0 Å². The number of aromatic nitrogens is 1. The number of hydroxylamine groups is 2. The molecule has 10 heteroatoms. The second-order valence-corrected chi connectivity index (χ2v) is 11.5. The Balaban J connectivity index is 1.46. The van der Waals surface area contributed by atoms with Gasteiger partial charge in [0.2, 0.25) is 0 Å². The molecule has 2 heterocycles. The van der Waals surface area contributed by atoms with E-state index in [-0.39, 0.29) is 0 Å². The van der Waals surface area contributed by atoms with Gasteiger partial charge in [0.15, 0.2) is 9.84 Å². The quantitative estimate of drug-likeness (QED) is 0.631. The molecule has 3 rings (SSSR count). The predicted octanol–water partition coefficient (Wildman–Crippen LogP) is 4.20. The fraction of sp³-hybridized carbons (Fsp3) is 0.524. The molecule has 0 radical (unpaired) electrons. The Kier molecular flexibility index (Phi) is 7.23. The fourth-order valence-corrected chi connectivity index (χ4v) is 4.79. The zero-order valence-corrected chi connectivity index (χ0v) is 19.9. The Morgan fingerprint density at radius 1 is 1.23 bits per heavy atom.